The Hall–Kier alpha value is -2.60. The topological polar surface area (TPSA) is 50.8 Å². The molecule has 23 heavy (non-hydrogen) atoms. The van der Waals surface area contributed by atoms with E-state index in [9.17, 15) is 9.18 Å². The number of hydrogen-bond acceptors (Lipinski definition) is 4. The predicted octanol–water partition coefficient (Wildman–Crippen LogP) is 3.27. The lowest BCUT2D eigenvalue weighted by Gasteiger charge is -2.29. The molecule has 0 bridgehead atoms. The molecule has 0 spiro atoms. The molecule has 0 aliphatic carbocycles. The smallest absolute Gasteiger partial charge is 0.410 e. The van der Waals surface area contributed by atoms with Gasteiger partial charge in [0.25, 0.3) is 0 Å². The van der Waals surface area contributed by atoms with E-state index in [-0.39, 0.29) is 5.82 Å². The van der Waals surface area contributed by atoms with Crippen molar-refractivity contribution in [2.24, 2.45) is 0 Å². The number of morpholine rings is 1. The largest absolute Gasteiger partial charge is 0.417 e. The van der Waals surface area contributed by atoms with Crippen molar-refractivity contribution in [2.75, 3.05) is 36.5 Å². The molecule has 1 aliphatic heterocycles. The summed E-state index contributed by atoms with van der Waals surface area (Å²) >= 11 is 0. The maximum Gasteiger partial charge on any atom is 0.417 e. The molecular weight excluding hydrogens is 299 g/mol. The molecule has 1 fully saturated rings. The van der Waals surface area contributed by atoms with Gasteiger partial charge in [-0.2, -0.15) is 0 Å². The third kappa shape index (κ3) is 3.98. The second kappa shape index (κ2) is 7.11. The van der Waals surface area contributed by atoms with E-state index in [0.29, 0.717) is 43.4 Å². The standard InChI is InChI=1S/C17H17FN2O3/c18-15-12-13(6-7-16(15)20-8-10-22-11-9-20)19-17(21)23-14-4-2-1-3-5-14/h1-7,12H,8-11H2,(H,19,21). The van der Waals surface area contributed by atoms with E-state index in [2.05, 4.69) is 5.32 Å². The lowest BCUT2D eigenvalue weighted by molar-refractivity contribution is 0.122. The van der Waals surface area contributed by atoms with Crippen molar-refractivity contribution < 1.29 is 18.7 Å². The molecule has 1 heterocycles. The van der Waals surface area contributed by atoms with Crippen molar-refractivity contribution in [3.05, 3.63) is 54.3 Å². The average molecular weight is 316 g/mol. The normalized spacial score (nSPS) is 14.4. The Morgan fingerprint density at radius 2 is 1.87 bits per heavy atom. The zero-order valence-corrected chi connectivity index (χ0v) is 12.5. The van der Waals surface area contributed by atoms with Gasteiger partial charge in [-0.15, -0.1) is 0 Å². The van der Waals surface area contributed by atoms with Crippen LogP contribution < -0.4 is 15.0 Å². The molecule has 0 atom stereocenters. The highest BCUT2D eigenvalue weighted by Crippen LogP contribution is 2.24. The zero-order valence-electron chi connectivity index (χ0n) is 12.5. The fourth-order valence-electron chi connectivity index (χ4n) is 2.38. The van der Waals surface area contributed by atoms with Crippen LogP contribution in [-0.2, 0) is 4.74 Å². The highest BCUT2D eigenvalue weighted by Gasteiger charge is 2.16. The van der Waals surface area contributed by atoms with Gasteiger partial charge in [0.1, 0.15) is 11.6 Å². The van der Waals surface area contributed by atoms with Gasteiger partial charge in [-0.05, 0) is 30.3 Å². The van der Waals surface area contributed by atoms with Crippen molar-refractivity contribution in [3.63, 3.8) is 0 Å². The molecule has 1 saturated heterocycles. The van der Waals surface area contributed by atoms with Gasteiger partial charge in [0, 0.05) is 18.8 Å². The van der Waals surface area contributed by atoms with E-state index in [1.807, 2.05) is 11.0 Å². The molecule has 0 unspecified atom stereocenters. The molecule has 1 aliphatic rings. The molecule has 0 aromatic heterocycles. The summed E-state index contributed by atoms with van der Waals surface area (Å²) < 4.78 is 24.6. The SMILES string of the molecule is O=C(Nc1ccc(N2CCOCC2)c(F)c1)Oc1ccccc1. The molecule has 0 saturated carbocycles. The van der Waals surface area contributed by atoms with Crippen LogP contribution >= 0.6 is 0 Å². The second-order valence-corrected chi connectivity index (χ2v) is 5.09. The quantitative estimate of drug-likeness (QED) is 0.944. The number of hydrogen-bond donors (Lipinski definition) is 1. The first-order valence-corrected chi connectivity index (χ1v) is 7.38. The van der Waals surface area contributed by atoms with Gasteiger partial charge in [-0.3, -0.25) is 5.32 Å². The summed E-state index contributed by atoms with van der Waals surface area (Å²) in [7, 11) is 0. The number of benzene rings is 2. The van der Waals surface area contributed by atoms with Crippen LogP contribution in [0.1, 0.15) is 0 Å². The Labute approximate surface area is 133 Å². The third-order valence-corrected chi connectivity index (χ3v) is 3.50. The molecule has 2 aromatic carbocycles. The molecule has 6 heteroatoms. The van der Waals surface area contributed by atoms with Crippen molar-refractivity contribution in [3.8, 4) is 5.75 Å². The maximum atomic E-state index is 14.2. The van der Waals surface area contributed by atoms with Crippen LogP contribution in [0.4, 0.5) is 20.6 Å². The highest BCUT2D eigenvalue weighted by molar-refractivity contribution is 5.86. The third-order valence-electron chi connectivity index (χ3n) is 3.50. The minimum Gasteiger partial charge on any atom is -0.410 e. The van der Waals surface area contributed by atoms with Gasteiger partial charge in [0.2, 0.25) is 0 Å². The number of halogens is 1. The van der Waals surface area contributed by atoms with Crippen LogP contribution in [0.3, 0.4) is 0 Å². The minimum absolute atomic E-state index is 0.348. The summed E-state index contributed by atoms with van der Waals surface area (Å²) in [5, 5.41) is 2.52. The maximum absolute atomic E-state index is 14.2. The van der Waals surface area contributed by atoms with E-state index in [4.69, 9.17) is 9.47 Å². The number of carbonyl (C=O) groups excluding carboxylic acids is 1. The first-order valence-electron chi connectivity index (χ1n) is 7.38. The fourth-order valence-corrected chi connectivity index (χ4v) is 2.38. The molecule has 1 N–H and O–H groups in total. The number of nitrogens with zero attached hydrogens (tertiary/aromatic N) is 1. The van der Waals surface area contributed by atoms with Crippen molar-refractivity contribution in [1.82, 2.24) is 0 Å². The number of amides is 1. The number of carbonyl (C=O) groups is 1. The summed E-state index contributed by atoms with van der Waals surface area (Å²) in [6.07, 6.45) is -0.658. The molecule has 120 valence electrons. The van der Waals surface area contributed by atoms with Crippen LogP contribution in [0.15, 0.2) is 48.5 Å². The number of para-hydroxylation sites is 1. The number of anilines is 2. The van der Waals surface area contributed by atoms with Gasteiger partial charge in [-0.1, -0.05) is 18.2 Å². The summed E-state index contributed by atoms with van der Waals surface area (Å²) in [4.78, 5) is 13.7. The first-order chi connectivity index (χ1) is 11.2. The van der Waals surface area contributed by atoms with Crippen molar-refractivity contribution >= 4 is 17.5 Å². The lowest BCUT2D eigenvalue weighted by Crippen LogP contribution is -2.36. The minimum atomic E-state index is -0.658. The summed E-state index contributed by atoms with van der Waals surface area (Å²) in [6, 6.07) is 13.3. The number of ether oxygens (including phenoxy) is 2. The fraction of sp³-hybridized carbons (Fsp3) is 0.235. The Morgan fingerprint density at radius 3 is 2.57 bits per heavy atom. The number of nitrogens with one attached hydrogen (secondary N) is 1. The van der Waals surface area contributed by atoms with Crippen LogP contribution in [0.5, 0.6) is 5.75 Å². The van der Waals surface area contributed by atoms with Crippen molar-refractivity contribution in [1.29, 1.82) is 0 Å². The highest BCUT2D eigenvalue weighted by atomic mass is 19.1. The summed E-state index contributed by atoms with van der Waals surface area (Å²) in [5.74, 6) is 0.0415. The monoisotopic (exact) mass is 316 g/mol. The molecule has 1 amide bonds. The van der Waals surface area contributed by atoms with Gasteiger partial charge in [0.15, 0.2) is 0 Å². The van der Waals surface area contributed by atoms with E-state index in [1.54, 1.807) is 36.4 Å². The van der Waals surface area contributed by atoms with Crippen molar-refractivity contribution in [2.45, 2.75) is 0 Å². The van der Waals surface area contributed by atoms with Gasteiger partial charge >= 0.3 is 6.09 Å². The summed E-state index contributed by atoms with van der Waals surface area (Å²) in [6.45, 7) is 2.48. The van der Waals surface area contributed by atoms with Crippen LogP contribution in [0.25, 0.3) is 0 Å². The second-order valence-electron chi connectivity index (χ2n) is 5.09. The van der Waals surface area contributed by atoms with E-state index < -0.39 is 6.09 Å². The molecular formula is C17H17FN2O3. The van der Waals surface area contributed by atoms with E-state index in [1.165, 1.54) is 6.07 Å². The van der Waals surface area contributed by atoms with E-state index >= 15 is 0 Å². The molecule has 2 aromatic rings. The first kappa shape index (κ1) is 15.3. The summed E-state index contributed by atoms with van der Waals surface area (Å²) in [5.41, 5.74) is 0.857. The molecule has 0 radical (unpaired) electrons. The average Bonchev–Trinajstić information content (AvgIpc) is 2.56. The Kier molecular flexibility index (Phi) is 4.73. The lowest BCUT2D eigenvalue weighted by atomic mass is 10.2. The van der Waals surface area contributed by atoms with Gasteiger partial charge in [-0.25, -0.2) is 9.18 Å². The number of rotatable bonds is 3. The zero-order chi connectivity index (χ0) is 16.1. The van der Waals surface area contributed by atoms with Gasteiger partial charge in [0.05, 0.1) is 18.9 Å². The van der Waals surface area contributed by atoms with Crippen LogP contribution in [0, 0.1) is 5.82 Å². The van der Waals surface area contributed by atoms with Crippen LogP contribution in [-0.4, -0.2) is 32.4 Å². The Balaban J connectivity index is 1.64. The Morgan fingerprint density at radius 1 is 1.13 bits per heavy atom. The Bertz CT molecular complexity index is 673. The van der Waals surface area contributed by atoms with E-state index in [0.717, 1.165) is 0 Å². The molecule has 5 nitrogen and oxygen atoms in total. The van der Waals surface area contributed by atoms with Gasteiger partial charge < -0.3 is 14.4 Å². The predicted molar refractivity (Wildman–Crippen MR) is 85.5 cm³/mol. The molecule has 3 rings (SSSR count). The van der Waals surface area contributed by atoms with Crippen LogP contribution in [0.2, 0.25) is 0 Å².